The lowest BCUT2D eigenvalue weighted by Gasteiger charge is -2.32. The van der Waals surface area contributed by atoms with E-state index in [0.717, 1.165) is 30.2 Å². The molecule has 0 radical (unpaired) electrons. The Morgan fingerprint density at radius 3 is 2.81 bits per heavy atom. The number of aliphatic imine (C=N–C) groups is 1. The fraction of sp³-hybridized carbons (Fsp3) is 0.600. The van der Waals surface area contributed by atoms with Gasteiger partial charge in [0.2, 0.25) is 0 Å². The first-order chi connectivity index (χ1) is 13.0. The van der Waals surface area contributed by atoms with Crippen LogP contribution in [0, 0.1) is 0 Å². The Labute approximate surface area is 161 Å². The lowest BCUT2D eigenvalue weighted by atomic mass is 9.87. The molecule has 1 atom stereocenters. The second-order valence-electron chi connectivity index (χ2n) is 7.31. The maximum Gasteiger partial charge on any atom is 0.179 e. The van der Waals surface area contributed by atoms with Crippen molar-refractivity contribution in [3.63, 3.8) is 0 Å². The molecule has 0 bridgehead atoms. The summed E-state index contributed by atoms with van der Waals surface area (Å²) in [7, 11) is 3.39. The number of nitrogens with zero attached hydrogens (tertiary/aromatic N) is 3. The topological polar surface area (TPSA) is 85.0 Å². The minimum absolute atomic E-state index is 0.564. The van der Waals surface area contributed by atoms with Gasteiger partial charge in [-0.2, -0.15) is 0 Å². The van der Waals surface area contributed by atoms with Crippen LogP contribution in [-0.4, -0.2) is 56.1 Å². The molecule has 7 nitrogen and oxygen atoms in total. The Bertz CT molecular complexity index is 712. The van der Waals surface area contributed by atoms with Crippen molar-refractivity contribution in [2.45, 2.75) is 38.1 Å². The summed E-state index contributed by atoms with van der Waals surface area (Å²) in [6.45, 7) is 6.11. The standard InChI is InChI=1S/C20H31N5O2/c1-15-12-20(21,13-19(22-2)24-15)18-11-16(17(26-3)14-23-18)27-10-6-9-25-7-4-5-8-25/h11-12,14H,4-10,13,21H2,1-3H3,(H,22,24). The monoisotopic (exact) mass is 373 g/mol. The van der Waals surface area contributed by atoms with Crippen molar-refractivity contribution < 1.29 is 9.47 Å². The fourth-order valence-electron chi connectivity index (χ4n) is 3.74. The lowest BCUT2D eigenvalue weighted by molar-refractivity contribution is 0.253. The first kappa shape index (κ1) is 19.6. The molecule has 27 heavy (non-hydrogen) atoms. The molecule has 3 N–H and O–H groups in total. The van der Waals surface area contributed by atoms with E-state index in [4.69, 9.17) is 15.2 Å². The second-order valence-corrected chi connectivity index (χ2v) is 7.31. The highest BCUT2D eigenvalue weighted by Gasteiger charge is 2.33. The average Bonchev–Trinajstić information content (AvgIpc) is 3.17. The zero-order valence-electron chi connectivity index (χ0n) is 16.6. The summed E-state index contributed by atoms with van der Waals surface area (Å²) in [6.07, 6.45) is 7.86. The van der Waals surface area contributed by atoms with Gasteiger partial charge >= 0.3 is 0 Å². The van der Waals surface area contributed by atoms with E-state index in [-0.39, 0.29) is 0 Å². The van der Waals surface area contributed by atoms with E-state index in [1.807, 2.05) is 19.1 Å². The van der Waals surface area contributed by atoms with Crippen molar-refractivity contribution in [2.24, 2.45) is 10.7 Å². The van der Waals surface area contributed by atoms with Gasteiger partial charge in [0.1, 0.15) is 5.84 Å². The van der Waals surface area contributed by atoms with Gasteiger partial charge in [0.05, 0.1) is 31.1 Å². The molecule has 0 spiro atoms. The normalized spacial score (nSPS) is 24.6. The van der Waals surface area contributed by atoms with E-state index in [1.165, 1.54) is 25.9 Å². The van der Waals surface area contributed by atoms with Crippen molar-refractivity contribution in [1.29, 1.82) is 0 Å². The summed E-state index contributed by atoms with van der Waals surface area (Å²) in [6, 6.07) is 1.90. The van der Waals surface area contributed by atoms with E-state index < -0.39 is 5.54 Å². The molecule has 1 saturated heterocycles. The van der Waals surface area contributed by atoms with Crippen LogP contribution in [0.25, 0.3) is 0 Å². The Hall–Kier alpha value is -2.12. The summed E-state index contributed by atoms with van der Waals surface area (Å²) in [5, 5.41) is 3.24. The van der Waals surface area contributed by atoms with Crippen LogP contribution in [-0.2, 0) is 5.54 Å². The molecule has 1 fully saturated rings. The smallest absolute Gasteiger partial charge is 0.179 e. The van der Waals surface area contributed by atoms with Crippen LogP contribution in [0.4, 0.5) is 0 Å². The number of hydrogen-bond acceptors (Lipinski definition) is 6. The van der Waals surface area contributed by atoms with Crippen LogP contribution < -0.4 is 20.5 Å². The number of likely N-dealkylation sites (tertiary alicyclic amines) is 1. The molecule has 1 aromatic heterocycles. The minimum Gasteiger partial charge on any atom is -0.491 e. The number of pyridine rings is 1. The molecule has 0 aliphatic carbocycles. The molecule has 3 rings (SSSR count). The van der Waals surface area contributed by atoms with E-state index in [1.54, 1.807) is 20.4 Å². The number of hydrogen-bond donors (Lipinski definition) is 2. The summed E-state index contributed by atoms with van der Waals surface area (Å²) in [5.74, 6) is 2.17. The number of amidine groups is 1. The van der Waals surface area contributed by atoms with Crippen LogP contribution in [0.1, 0.15) is 38.3 Å². The maximum absolute atomic E-state index is 6.67. The van der Waals surface area contributed by atoms with Gasteiger partial charge in [-0.15, -0.1) is 0 Å². The van der Waals surface area contributed by atoms with Crippen molar-refractivity contribution in [1.82, 2.24) is 15.2 Å². The zero-order valence-corrected chi connectivity index (χ0v) is 16.6. The number of nitrogens with one attached hydrogen (secondary N) is 1. The highest BCUT2D eigenvalue weighted by molar-refractivity contribution is 5.86. The predicted octanol–water partition coefficient (Wildman–Crippen LogP) is 2.03. The number of nitrogens with two attached hydrogens (primary N) is 1. The summed E-state index contributed by atoms with van der Waals surface area (Å²) in [5.41, 5.74) is 7.67. The minimum atomic E-state index is -0.718. The third-order valence-electron chi connectivity index (χ3n) is 5.15. The molecule has 148 valence electrons. The van der Waals surface area contributed by atoms with Gasteiger partial charge in [0, 0.05) is 31.8 Å². The maximum atomic E-state index is 6.67. The summed E-state index contributed by atoms with van der Waals surface area (Å²) >= 11 is 0. The summed E-state index contributed by atoms with van der Waals surface area (Å²) in [4.78, 5) is 11.3. The highest BCUT2D eigenvalue weighted by Crippen LogP contribution is 2.33. The predicted molar refractivity (Wildman–Crippen MR) is 107 cm³/mol. The van der Waals surface area contributed by atoms with Crippen LogP contribution >= 0.6 is 0 Å². The first-order valence-corrected chi connectivity index (χ1v) is 9.65. The third kappa shape index (κ3) is 4.78. The van der Waals surface area contributed by atoms with Crippen LogP contribution in [0.3, 0.4) is 0 Å². The molecule has 1 aromatic rings. The molecule has 1 unspecified atom stereocenters. The molecular formula is C20H31N5O2. The number of rotatable bonds is 7. The summed E-state index contributed by atoms with van der Waals surface area (Å²) < 4.78 is 11.5. The Balaban J connectivity index is 1.71. The zero-order chi connectivity index (χ0) is 19.3. The Morgan fingerprint density at radius 1 is 1.33 bits per heavy atom. The second kappa shape index (κ2) is 8.71. The Kier molecular flexibility index (Phi) is 6.34. The average molecular weight is 374 g/mol. The molecule has 2 aliphatic rings. The lowest BCUT2D eigenvalue weighted by Crippen LogP contribution is -2.45. The number of allylic oxidation sites excluding steroid dienone is 1. The van der Waals surface area contributed by atoms with Crippen molar-refractivity contribution in [3.05, 3.63) is 29.7 Å². The fourth-order valence-corrected chi connectivity index (χ4v) is 3.74. The molecule has 0 saturated carbocycles. The SMILES string of the molecule is CN=C1CC(N)(c2cc(OCCCN3CCCC3)c(OC)cn2)C=C(C)N1. The molecule has 7 heteroatoms. The van der Waals surface area contributed by atoms with Crippen LogP contribution in [0.5, 0.6) is 11.5 Å². The van der Waals surface area contributed by atoms with Gasteiger partial charge in [-0.05, 0) is 45.4 Å². The Morgan fingerprint density at radius 2 is 2.11 bits per heavy atom. The van der Waals surface area contributed by atoms with E-state index in [0.29, 0.717) is 24.5 Å². The largest absolute Gasteiger partial charge is 0.491 e. The highest BCUT2D eigenvalue weighted by atomic mass is 16.5. The number of methoxy groups -OCH3 is 1. The number of aromatic nitrogens is 1. The van der Waals surface area contributed by atoms with Gasteiger partial charge in [-0.1, -0.05) is 0 Å². The van der Waals surface area contributed by atoms with Crippen molar-refractivity contribution in [3.8, 4) is 11.5 Å². The van der Waals surface area contributed by atoms with Gasteiger partial charge in [-0.3, -0.25) is 9.98 Å². The first-order valence-electron chi connectivity index (χ1n) is 9.65. The molecule has 2 aliphatic heterocycles. The third-order valence-corrected chi connectivity index (χ3v) is 5.15. The van der Waals surface area contributed by atoms with Crippen LogP contribution in [0.15, 0.2) is 29.0 Å². The van der Waals surface area contributed by atoms with Crippen molar-refractivity contribution in [2.75, 3.05) is 40.4 Å². The van der Waals surface area contributed by atoms with Gasteiger partial charge in [0.25, 0.3) is 0 Å². The quantitative estimate of drug-likeness (QED) is 0.712. The van der Waals surface area contributed by atoms with Gasteiger partial charge in [-0.25, -0.2) is 0 Å². The van der Waals surface area contributed by atoms with Gasteiger partial charge in [0.15, 0.2) is 11.5 Å². The van der Waals surface area contributed by atoms with Crippen molar-refractivity contribution >= 4 is 5.84 Å². The van der Waals surface area contributed by atoms with E-state index in [9.17, 15) is 0 Å². The molecule has 3 heterocycles. The number of ether oxygens (including phenoxy) is 2. The van der Waals surface area contributed by atoms with E-state index >= 15 is 0 Å². The molecule has 0 aromatic carbocycles. The van der Waals surface area contributed by atoms with Gasteiger partial charge < -0.3 is 25.4 Å². The van der Waals surface area contributed by atoms with Crippen LogP contribution in [0.2, 0.25) is 0 Å². The van der Waals surface area contributed by atoms with E-state index in [2.05, 4.69) is 20.2 Å². The molecular weight excluding hydrogens is 342 g/mol. The molecule has 0 amide bonds.